The smallest absolute Gasteiger partial charge is 0.0505 e. The van der Waals surface area contributed by atoms with E-state index in [-0.39, 0.29) is 5.41 Å². The molecule has 2 rings (SSSR count). The van der Waals surface area contributed by atoms with E-state index in [1.54, 1.807) is 0 Å². The highest BCUT2D eigenvalue weighted by Crippen LogP contribution is 2.82. The van der Waals surface area contributed by atoms with Crippen molar-refractivity contribution in [2.75, 3.05) is 0 Å². The summed E-state index contributed by atoms with van der Waals surface area (Å²) in [6, 6.07) is 10.5. The lowest BCUT2D eigenvalue weighted by Crippen LogP contribution is -2.06. The molecule has 0 saturated carbocycles. The maximum absolute atomic E-state index is 6.41. The van der Waals surface area contributed by atoms with E-state index in [9.17, 15) is 0 Å². The van der Waals surface area contributed by atoms with E-state index >= 15 is 0 Å². The Hall–Kier alpha value is -0.320. The first-order chi connectivity index (χ1) is 7.08. The highest BCUT2D eigenvalue weighted by atomic mass is 35.7. The number of hydrogen-bond acceptors (Lipinski definition) is 0. The molecule has 1 aliphatic heterocycles. The number of halogens is 1. The van der Waals surface area contributed by atoms with Gasteiger partial charge in [0.25, 0.3) is 0 Å². The second kappa shape index (κ2) is 3.92. The number of allylic oxidation sites excluding steroid dienone is 1. The summed E-state index contributed by atoms with van der Waals surface area (Å²) in [4.78, 5) is 0. The molecule has 15 heavy (non-hydrogen) atoms. The van der Waals surface area contributed by atoms with Gasteiger partial charge in [0.15, 0.2) is 0 Å². The zero-order chi connectivity index (χ0) is 11.1. The summed E-state index contributed by atoms with van der Waals surface area (Å²) in [6.07, 6.45) is 1.16. The molecule has 0 radical (unpaired) electrons. The van der Waals surface area contributed by atoms with Gasteiger partial charge in [0.05, 0.1) is 7.27 Å². The van der Waals surface area contributed by atoms with Gasteiger partial charge >= 0.3 is 0 Å². The highest BCUT2D eigenvalue weighted by Gasteiger charge is 2.44. The Morgan fingerprint density at radius 2 is 1.80 bits per heavy atom. The molecule has 0 spiro atoms. The van der Waals surface area contributed by atoms with Crippen molar-refractivity contribution in [3.63, 3.8) is 0 Å². The van der Waals surface area contributed by atoms with Crippen molar-refractivity contribution < 1.29 is 0 Å². The predicted molar refractivity (Wildman–Crippen MR) is 70.2 cm³/mol. The molecule has 0 N–H and O–H groups in total. The quantitative estimate of drug-likeness (QED) is 0.615. The zero-order valence-corrected chi connectivity index (χ0v) is 11.1. The van der Waals surface area contributed by atoms with Crippen molar-refractivity contribution in [1.82, 2.24) is 0 Å². The molecule has 1 heterocycles. The van der Waals surface area contributed by atoms with Crippen LogP contribution in [-0.2, 0) is 0 Å². The lowest BCUT2D eigenvalue weighted by atomic mass is 9.89. The Kier molecular flexibility index (Phi) is 2.92. The van der Waals surface area contributed by atoms with Gasteiger partial charge in [0, 0.05) is 5.31 Å². The molecule has 0 amide bonds. The average Bonchev–Trinajstić information content (AvgIpc) is 2.92. The summed E-state index contributed by atoms with van der Waals surface area (Å²) in [5.41, 5.74) is 1.59. The summed E-state index contributed by atoms with van der Waals surface area (Å²) < 4.78 is 0. The van der Waals surface area contributed by atoms with Crippen LogP contribution in [0.3, 0.4) is 0 Å². The topological polar surface area (TPSA) is 0 Å². The molecule has 0 bridgehead atoms. The van der Waals surface area contributed by atoms with E-state index in [4.69, 9.17) is 11.2 Å². The Bertz CT molecular complexity index is 392. The fourth-order valence-electron chi connectivity index (χ4n) is 1.74. The third kappa shape index (κ3) is 1.98. The molecule has 0 aliphatic carbocycles. The van der Waals surface area contributed by atoms with Gasteiger partial charge in [-0.25, -0.2) is 0 Å². The SMILES string of the molecule is CCC(C)(C)C1=C(c2ccccc2)P1Cl. The van der Waals surface area contributed by atoms with Gasteiger partial charge in [-0.3, -0.25) is 0 Å². The molecule has 1 unspecified atom stereocenters. The van der Waals surface area contributed by atoms with Crippen LogP contribution < -0.4 is 0 Å². The molecule has 0 saturated heterocycles. The van der Waals surface area contributed by atoms with Crippen molar-refractivity contribution in [3.8, 4) is 0 Å². The van der Waals surface area contributed by atoms with Crippen LogP contribution in [0.4, 0.5) is 0 Å². The van der Waals surface area contributed by atoms with E-state index in [2.05, 4.69) is 45.0 Å². The van der Waals surface area contributed by atoms with Gasteiger partial charge in [0.1, 0.15) is 0 Å². The molecule has 2 heteroatoms. The largest absolute Gasteiger partial charge is 0.0861 e. The standard InChI is InChI=1S/C13H16ClP/c1-4-13(2,3)12-11(15(12)14)10-8-6-5-7-9-10/h5-9H,4H2,1-3H3. The molecular weight excluding hydrogens is 223 g/mol. The van der Waals surface area contributed by atoms with E-state index in [1.165, 1.54) is 16.2 Å². The monoisotopic (exact) mass is 238 g/mol. The molecule has 0 aromatic heterocycles. The van der Waals surface area contributed by atoms with E-state index in [1.807, 2.05) is 6.07 Å². The number of hydrogen-bond donors (Lipinski definition) is 0. The van der Waals surface area contributed by atoms with Crippen molar-refractivity contribution in [3.05, 3.63) is 41.2 Å². The van der Waals surface area contributed by atoms with Crippen LogP contribution in [0.2, 0.25) is 0 Å². The maximum atomic E-state index is 6.41. The van der Waals surface area contributed by atoms with Gasteiger partial charge in [-0.1, -0.05) is 62.3 Å². The summed E-state index contributed by atoms with van der Waals surface area (Å²) >= 11 is 6.41. The highest BCUT2D eigenvalue weighted by molar-refractivity contribution is 8.02. The van der Waals surface area contributed by atoms with Crippen LogP contribution in [0.5, 0.6) is 0 Å². The van der Waals surface area contributed by atoms with Gasteiger partial charge in [-0.05, 0) is 22.7 Å². The Morgan fingerprint density at radius 1 is 1.20 bits per heavy atom. The second-order valence-electron chi connectivity index (χ2n) is 4.58. The predicted octanol–water partition coefficient (Wildman–Crippen LogP) is 5.44. The van der Waals surface area contributed by atoms with Crippen LogP contribution in [0.1, 0.15) is 32.8 Å². The summed E-state index contributed by atoms with van der Waals surface area (Å²) in [5, 5.41) is 2.91. The van der Waals surface area contributed by atoms with E-state index in [0.717, 1.165) is 6.42 Å². The van der Waals surface area contributed by atoms with E-state index in [0.29, 0.717) is 0 Å². The van der Waals surface area contributed by atoms with Crippen molar-refractivity contribution >= 4 is 23.8 Å². The minimum Gasteiger partial charge on any atom is -0.0861 e. The van der Waals surface area contributed by atoms with Crippen LogP contribution in [0, 0.1) is 5.41 Å². The minimum atomic E-state index is -0.462. The molecule has 0 nitrogen and oxygen atoms in total. The minimum absolute atomic E-state index is 0.276. The van der Waals surface area contributed by atoms with Crippen molar-refractivity contribution in [2.24, 2.45) is 5.41 Å². The fourth-order valence-corrected chi connectivity index (χ4v) is 5.22. The second-order valence-corrected chi connectivity index (χ2v) is 7.05. The van der Waals surface area contributed by atoms with Crippen LogP contribution in [-0.4, -0.2) is 0 Å². The zero-order valence-electron chi connectivity index (χ0n) is 9.42. The first-order valence-electron chi connectivity index (χ1n) is 5.34. The normalized spacial score (nSPS) is 20.7. The first-order valence-corrected chi connectivity index (χ1v) is 7.58. The number of benzene rings is 1. The van der Waals surface area contributed by atoms with Crippen molar-refractivity contribution in [1.29, 1.82) is 0 Å². The number of rotatable bonds is 3. The fraction of sp³-hybridized carbons (Fsp3) is 0.385. The molecule has 0 fully saturated rings. The van der Waals surface area contributed by atoms with E-state index < -0.39 is 7.27 Å². The third-order valence-electron chi connectivity index (χ3n) is 3.14. The Balaban J connectivity index is 2.33. The molecule has 80 valence electrons. The molecule has 1 aromatic rings. The Labute approximate surface area is 97.9 Å². The molecular formula is C13H16ClP. The van der Waals surface area contributed by atoms with Crippen LogP contribution in [0.25, 0.3) is 5.31 Å². The van der Waals surface area contributed by atoms with Crippen LogP contribution in [0.15, 0.2) is 35.6 Å². The summed E-state index contributed by atoms with van der Waals surface area (Å²) in [5.74, 6) is 0. The molecule has 1 aromatic carbocycles. The lowest BCUT2D eigenvalue weighted by molar-refractivity contribution is 0.458. The molecule has 1 atom stereocenters. The first kappa shape index (κ1) is 11.2. The Morgan fingerprint density at radius 3 is 2.33 bits per heavy atom. The van der Waals surface area contributed by atoms with Crippen molar-refractivity contribution in [2.45, 2.75) is 27.2 Å². The summed E-state index contributed by atoms with van der Waals surface area (Å²) in [7, 11) is -0.462. The van der Waals surface area contributed by atoms with Gasteiger partial charge in [-0.2, -0.15) is 0 Å². The maximum Gasteiger partial charge on any atom is 0.0505 e. The van der Waals surface area contributed by atoms with Gasteiger partial charge < -0.3 is 0 Å². The third-order valence-corrected chi connectivity index (χ3v) is 6.03. The van der Waals surface area contributed by atoms with Gasteiger partial charge in [-0.15, -0.1) is 0 Å². The van der Waals surface area contributed by atoms with Gasteiger partial charge in [0.2, 0.25) is 0 Å². The summed E-state index contributed by atoms with van der Waals surface area (Å²) in [6.45, 7) is 6.81. The lowest BCUT2D eigenvalue weighted by Gasteiger charge is -2.18. The average molecular weight is 239 g/mol. The van der Waals surface area contributed by atoms with Crippen LogP contribution >= 0.6 is 18.5 Å². The molecule has 1 aliphatic rings.